The molecule has 1 saturated heterocycles. The Morgan fingerprint density at radius 1 is 1.26 bits per heavy atom. The fraction of sp³-hybridized carbons (Fsp3) is 0.520. The monoisotopic (exact) mass is 470 g/mol. The fourth-order valence-electron chi connectivity index (χ4n) is 4.27. The van der Waals surface area contributed by atoms with Gasteiger partial charge in [0.1, 0.15) is 11.4 Å². The number of amides is 3. The number of benzene rings is 1. The van der Waals surface area contributed by atoms with Crippen molar-refractivity contribution in [3.63, 3.8) is 0 Å². The van der Waals surface area contributed by atoms with E-state index in [1.54, 1.807) is 20.1 Å². The van der Waals surface area contributed by atoms with Crippen LogP contribution in [-0.4, -0.2) is 66.2 Å². The molecule has 3 N–H and O–H groups in total. The van der Waals surface area contributed by atoms with E-state index in [0.717, 1.165) is 10.9 Å². The Bertz CT molecular complexity index is 1060. The number of methoxy groups -OCH3 is 1. The van der Waals surface area contributed by atoms with Gasteiger partial charge in [0.15, 0.2) is 5.78 Å². The minimum Gasteiger partial charge on any atom is -0.496 e. The van der Waals surface area contributed by atoms with Gasteiger partial charge in [0.05, 0.1) is 25.6 Å². The number of hydrogen-bond donors (Lipinski definition) is 3. The van der Waals surface area contributed by atoms with Crippen LogP contribution in [0.5, 0.6) is 5.75 Å². The van der Waals surface area contributed by atoms with Crippen molar-refractivity contribution in [1.29, 1.82) is 0 Å². The zero-order chi connectivity index (χ0) is 24.8. The zero-order valence-electron chi connectivity index (χ0n) is 20.3. The van der Waals surface area contributed by atoms with E-state index in [1.165, 1.54) is 4.90 Å². The Morgan fingerprint density at radius 3 is 2.65 bits per heavy atom. The number of carbonyl (C=O) groups excluding carboxylic acids is 4. The smallest absolute Gasteiger partial charge is 0.268 e. The number of H-pyrrole nitrogens is 1. The number of fused-ring (bicyclic) bond motifs is 1. The number of carbonyl (C=O) groups is 4. The average Bonchev–Trinajstić information content (AvgIpc) is 3.43. The lowest BCUT2D eigenvalue weighted by Crippen LogP contribution is -2.48. The van der Waals surface area contributed by atoms with Crippen molar-refractivity contribution in [2.24, 2.45) is 11.8 Å². The number of ketones is 1. The molecule has 2 aromatic rings. The summed E-state index contributed by atoms with van der Waals surface area (Å²) >= 11 is 0. The minimum absolute atomic E-state index is 0.0948. The second kappa shape index (κ2) is 11.2. The van der Waals surface area contributed by atoms with Crippen molar-refractivity contribution >= 4 is 34.4 Å². The molecular weight excluding hydrogens is 436 g/mol. The summed E-state index contributed by atoms with van der Waals surface area (Å²) < 4.78 is 5.36. The lowest BCUT2D eigenvalue weighted by molar-refractivity contribution is -0.137. The van der Waals surface area contributed by atoms with Gasteiger partial charge >= 0.3 is 0 Å². The molecule has 1 fully saturated rings. The third kappa shape index (κ3) is 5.95. The fourth-order valence-corrected chi connectivity index (χ4v) is 4.27. The summed E-state index contributed by atoms with van der Waals surface area (Å²) in [6, 6.07) is 6.43. The van der Waals surface area contributed by atoms with Gasteiger partial charge in [0.2, 0.25) is 11.8 Å². The summed E-state index contributed by atoms with van der Waals surface area (Å²) in [5.41, 5.74) is 1.08. The van der Waals surface area contributed by atoms with Crippen LogP contribution >= 0.6 is 0 Å². The van der Waals surface area contributed by atoms with E-state index in [0.29, 0.717) is 30.8 Å². The van der Waals surface area contributed by atoms with Gasteiger partial charge in [-0.2, -0.15) is 0 Å². The second-order valence-corrected chi connectivity index (χ2v) is 9.13. The number of hydrogen-bond acceptors (Lipinski definition) is 5. The molecule has 3 rings (SSSR count). The standard InChI is InChI=1S/C25H34N4O5/c1-5-23(31)29(13-16-9-10-26-24(16)32)14-21(30)19(11-15(2)3)28-25(33)20-12-17-18(27-20)7-6-8-22(17)34-4/h6-8,12,15-16,19,27H,5,9-11,13-14H2,1-4H3,(H,26,32)(H,28,33)/t16-,19-/m0/s1. The van der Waals surface area contributed by atoms with E-state index in [2.05, 4.69) is 15.6 Å². The summed E-state index contributed by atoms with van der Waals surface area (Å²) in [5, 5.41) is 6.39. The highest BCUT2D eigenvalue weighted by Gasteiger charge is 2.31. The first kappa shape index (κ1) is 25.3. The van der Waals surface area contributed by atoms with Gasteiger partial charge in [-0.15, -0.1) is 0 Å². The van der Waals surface area contributed by atoms with Crippen molar-refractivity contribution in [2.75, 3.05) is 26.7 Å². The first-order chi connectivity index (χ1) is 16.2. The molecule has 34 heavy (non-hydrogen) atoms. The predicted molar refractivity (Wildman–Crippen MR) is 129 cm³/mol. The first-order valence-corrected chi connectivity index (χ1v) is 11.8. The summed E-state index contributed by atoms with van der Waals surface area (Å²) in [5.74, 6) is -0.465. The number of Topliss-reactive ketones (excluding diaryl/α,β-unsaturated/α-hetero) is 1. The summed E-state index contributed by atoms with van der Waals surface area (Å²) in [4.78, 5) is 55.4. The van der Waals surface area contributed by atoms with Crippen LogP contribution in [0.25, 0.3) is 10.9 Å². The Morgan fingerprint density at radius 2 is 2.03 bits per heavy atom. The summed E-state index contributed by atoms with van der Waals surface area (Å²) in [6.45, 7) is 6.30. The molecular formula is C25H34N4O5. The Kier molecular flexibility index (Phi) is 8.31. The van der Waals surface area contributed by atoms with Gasteiger partial charge in [-0.1, -0.05) is 26.8 Å². The van der Waals surface area contributed by atoms with E-state index in [-0.39, 0.29) is 48.9 Å². The average molecular weight is 471 g/mol. The molecule has 0 aliphatic carbocycles. The van der Waals surface area contributed by atoms with E-state index in [9.17, 15) is 19.2 Å². The van der Waals surface area contributed by atoms with Gasteiger partial charge in [-0.05, 0) is 37.0 Å². The second-order valence-electron chi connectivity index (χ2n) is 9.13. The van der Waals surface area contributed by atoms with Gasteiger partial charge < -0.3 is 25.3 Å². The van der Waals surface area contributed by atoms with Crippen molar-refractivity contribution < 1.29 is 23.9 Å². The zero-order valence-corrected chi connectivity index (χ0v) is 20.3. The Balaban J connectivity index is 1.75. The molecule has 9 heteroatoms. The highest BCUT2D eigenvalue weighted by Crippen LogP contribution is 2.26. The molecule has 0 saturated carbocycles. The molecule has 0 radical (unpaired) electrons. The highest BCUT2D eigenvalue weighted by atomic mass is 16.5. The molecule has 1 aromatic carbocycles. The molecule has 184 valence electrons. The van der Waals surface area contributed by atoms with Crippen molar-refractivity contribution in [2.45, 2.75) is 46.1 Å². The molecule has 0 unspecified atom stereocenters. The van der Waals surface area contributed by atoms with Crippen LogP contribution in [0.3, 0.4) is 0 Å². The highest BCUT2D eigenvalue weighted by molar-refractivity contribution is 6.02. The molecule has 9 nitrogen and oxygen atoms in total. The van der Waals surface area contributed by atoms with Crippen molar-refractivity contribution in [3.8, 4) is 5.75 Å². The van der Waals surface area contributed by atoms with Gasteiger partial charge in [-0.3, -0.25) is 19.2 Å². The Labute approximate surface area is 199 Å². The molecule has 2 heterocycles. The van der Waals surface area contributed by atoms with E-state index >= 15 is 0 Å². The van der Waals surface area contributed by atoms with E-state index in [4.69, 9.17) is 4.74 Å². The number of aromatic amines is 1. The number of aromatic nitrogens is 1. The molecule has 2 atom stereocenters. The van der Waals surface area contributed by atoms with Crippen LogP contribution < -0.4 is 15.4 Å². The maximum absolute atomic E-state index is 13.3. The molecule has 0 spiro atoms. The molecule has 1 aromatic heterocycles. The molecule has 0 bridgehead atoms. The van der Waals surface area contributed by atoms with Gasteiger partial charge in [0.25, 0.3) is 5.91 Å². The van der Waals surface area contributed by atoms with Gasteiger partial charge in [-0.25, -0.2) is 0 Å². The maximum Gasteiger partial charge on any atom is 0.268 e. The lowest BCUT2D eigenvalue weighted by atomic mass is 9.99. The van der Waals surface area contributed by atoms with Crippen LogP contribution in [0.15, 0.2) is 24.3 Å². The molecule has 1 aliphatic rings. The van der Waals surface area contributed by atoms with Crippen molar-refractivity contribution in [3.05, 3.63) is 30.0 Å². The van der Waals surface area contributed by atoms with Crippen LogP contribution in [0.2, 0.25) is 0 Å². The van der Waals surface area contributed by atoms with Gasteiger partial charge in [0, 0.05) is 30.4 Å². The number of rotatable bonds is 11. The molecule has 1 aliphatic heterocycles. The normalized spacial score (nSPS) is 16.4. The first-order valence-electron chi connectivity index (χ1n) is 11.8. The van der Waals surface area contributed by atoms with Crippen LogP contribution in [-0.2, 0) is 14.4 Å². The maximum atomic E-state index is 13.3. The van der Waals surface area contributed by atoms with Crippen LogP contribution in [0, 0.1) is 11.8 Å². The quantitative estimate of drug-likeness (QED) is 0.465. The number of nitrogens with one attached hydrogen (secondary N) is 3. The molecule has 3 amide bonds. The minimum atomic E-state index is -0.759. The third-order valence-electron chi connectivity index (χ3n) is 6.10. The predicted octanol–water partition coefficient (Wildman–Crippen LogP) is 2.26. The van der Waals surface area contributed by atoms with E-state index < -0.39 is 11.9 Å². The summed E-state index contributed by atoms with van der Waals surface area (Å²) in [6.07, 6.45) is 1.31. The third-order valence-corrected chi connectivity index (χ3v) is 6.10. The van der Waals surface area contributed by atoms with E-state index in [1.807, 2.05) is 32.0 Å². The Hall–Kier alpha value is -3.36. The number of nitrogens with zero attached hydrogens (tertiary/aromatic N) is 1. The topological polar surface area (TPSA) is 121 Å². The lowest BCUT2D eigenvalue weighted by Gasteiger charge is -2.27. The van der Waals surface area contributed by atoms with Crippen molar-refractivity contribution in [1.82, 2.24) is 20.5 Å². The summed E-state index contributed by atoms with van der Waals surface area (Å²) in [7, 11) is 1.57. The SMILES string of the molecule is CCC(=O)N(CC(=O)[C@H](CC(C)C)NC(=O)c1cc2c(OC)cccc2[nH]1)C[C@@H]1CCNC1=O. The number of ether oxygens (including phenoxy) is 1. The van der Waals surface area contributed by atoms with Crippen LogP contribution in [0.4, 0.5) is 0 Å². The van der Waals surface area contributed by atoms with Crippen LogP contribution in [0.1, 0.15) is 50.5 Å². The largest absolute Gasteiger partial charge is 0.496 e.